The molecule has 5 aromatic rings. The van der Waals surface area contributed by atoms with E-state index in [1.165, 1.54) is 12.1 Å². The third-order valence-electron chi connectivity index (χ3n) is 6.42. The van der Waals surface area contributed by atoms with E-state index in [-0.39, 0.29) is 35.4 Å². The fourth-order valence-corrected chi connectivity index (χ4v) is 4.10. The predicted octanol–water partition coefficient (Wildman–Crippen LogP) is 4.94. The second-order valence-corrected chi connectivity index (χ2v) is 11.0. The Morgan fingerprint density at radius 1 is 1.21 bits per heavy atom. The van der Waals surface area contributed by atoms with Crippen LogP contribution in [0.2, 0.25) is 0 Å². The summed E-state index contributed by atoms with van der Waals surface area (Å²) < 4.78 is 22.0. The van der Waals surface area contributed by atoms with Crippen LogP contribution >= 0.6 is 0 Å². The van der Waals surface area contributed by atoms with E-state index in [1.807, 2.05) is 34.6 Å². The number of halogens is 1. The molecule has 0 aliphatic rings. The molecule has 2 amide bonds. The molecule has 4 aromatic heterocycles. The van der Waals surface area contributed by atoms with E-state index in [0.29, 0.717) is 45.3 Å². The van der Waals surface area contributed by atoms with E-state index in [0.717, 1.165) is 0 Å². The number of hydrogen-bond donors (Lipinski definition) is 3. The smallest absolute Gasteiger partial charge is 0.315 e. The number of aromatic amines is 1. The van der Waals surface area contributed by atoms with Gasteiger partial charge in [-0.3, -0.25) is 14.3 Å². The molecular formula is C29H30FN9O3. The molecule has 3 N–H and O–H groups in total. The van der Waals surface area contributed by atoms with E-state index < -0.39 is 11.7 Å². The summed E-state index contributed by atoms with van der Waals surface area (Å²) in [6.45, 7) is 13.1. The summed E-state index contributed by atoms with van der Waals surface area (Å²) in [5, 5.41) is 13.8. The molecule has 0 atom stereocenters. The number of rotatable bonds is 8. The first kappa shape index (κ1) is 28.3. The van der Waals surface area contributed by atoms with Crippen molar-refractivity contribution in [1.29, 1.82) is 0 Å². The number of fused-ring (bicyclic) bond motifs is 1. The molecule has 0 unspecified atom stereocenters. The number of imidazole rings is 1. The zero-order chi connectivity index (χ0) is 30.2. The standard InChI is InChI=1S/C29H30FN9O3/c1-7-21(40)33-20-14-39(15(2)3)37-23(20)25-34-22-18(10-11-31-24(22)35-25)16-8-9-17(19(30)12-16)13-32-26(41)27-36-28(38-42-27)29(4,5)6/h7-12,14-15H,1,13H2,2-6H3,(H,32,41)(H,33,40)(H,31,34,35). The number of aromatic nitrogens is 7. The van der Waals surface area contributed by atoms with Crippen LogP contribution in [0, 0.1) is 5.82 Å². The molecule has 13 heteroatoms. The van der Waals surface area contributed by atoms with Gasteiger partial charge in [-0.25, -0.2) is 14.4 Å². The normalized spacial score (nSPS) is 11.7. The third kappa shape index (κ3) is 5.66. The number of H-pyrrole nitrogens is 1. The number of anilines is 1. The third-order valence-corrected chi connectivity index (χ3v) is 6.42. The Hall–Kier alpha value is -5.20. The molecule has 0 aliphatic carbocycles. The highest BCUT2D eigenvalue weighted by Gasteiger charge is 2.24. The second-order valence-electron chi connectivity index (χ2n) is 11.0. The van der Waals surface area contributed by atoms with Gasteiger partial charge in [0.15, 0.2) is 23.0 Å². The van der Waals surface area contributed by atoms with Crippen LogP contribution in [-0.4, -0.2) is 46.7 Å². The minimum Gasteiger partial charge on any atom is -0.344 e. The maximum Gasteiger partial charge on any atom is 0.315 e. The van der Waals surface area contributed by atoms with Gasteiger partial charge in [0.05, 0.1) is 11.2 Å². The Morgan fingerprint density at radius 2 is 2.00 bits per heavy atom. The molecule has 42 heavy (non-hydrogen) atoms. The molecule has 0 bridgehead atoms. The van der Waals surface area contributed by atoms with Gasteiger partial charge in [0.25, 0.3) is 0 Å². The van der Waals surface area contributed by atoms with Crippen molar-refractivity contribution in [2.75, 3.05) is 5.32 Å². The Bertz CT molecular complexity index is 1810. The van der Waals surface area contributed by atoms with Gasteiger partial charge in [0, 0.05) is 41.5 Å². The molecule has 0 spiro atoms. The molecule has 4 heterocycles. The molecule has 0 saturated carbocycles. The lowest BCUT2D eigenvalue weighted by molar-refractivity contribution is -0.111. The van der Waals surface area contributed by atoms with E-state index >= 15 is 4.39 Å². The first-order valence-corrected chi connectivity index (χ1v) is 13.2. The molecule has 0 saturated heterocycles. The summed E-state index contributed by atoms with van der Waals surface area (Å²) in [5.74, 6) is -0.877. The van der Waals surface area contributed by atoms with E-state index in [9.17, 15) is 9.59 Å². The van der Waals surface area contributed by atoms with Crippen molar-refractivity contribution >= 4 is 28.7 Å². The van der Waals surface area contributed by atoms with Gasteiger partial charge in [-0.15, -0.1) is 0 Å². The highest BCUT2D eigenvalue weighted by Crippen LogP contribution is 2.32. The van der Waals surface area contributed by atoms with Crippen molar-refractivity contribution in [2.45, 2.75) is 52.6 Å². The molecule has 12 nitrogen and oxygen atoms in total. The minimum atomic E-state index is -0.592. The fourth-order valence-electron chi connectivity index (χ4n) is 4.10. The van der Waals surface area contributed by atoms with Crippen molar-refractivity contribution in [3.05, 3.63) is 72.4 Å². The molecule has 5 rings (SSSR count). The predicted molar refractivity (Wildman–Crippen MR) is 154 cm³/mol. The van der Waals surface area contributed by atoms with Gasteiger partial charge in [-0.2, -0.15) is 10.1 Å². The number of carbonyl (C=O) groups is 2. The van der Waals surface area contributed by atoms with E-state index in [4.69, 9.17) is 4.52 Å². The average Bonchev–Trinajstić information content (AvgIpc) is 3.70. The summed E-state index contributed by atoms with van der Waals surface area (Å²) in [6.07, 6.45) is 4.47. The Morgan fingerprint density at radius 3 is 2.67 bits per heavy atom. The van der Waals surface area contributed by atoms with Gasteiger partial charge in [0.1, 0.15) is 5.82 Å². The highest BCUT2D eigenvalue weighted by atomic mass is 19.1. The fraction of sp³-hybridized carbons (Fsp3) is 0.276. The molecule has 1 aromatic carbocycles. The Balaban J connectivity index is 1.40. The van der Waals surface area contributed by atoms with Crippen LogP contribution in [0.25, 0.3) is 33.8 Å². The Kier molecular flexibility index (Phi) is 7.42. The van der Waals surface area contributed by atoms with Gasteiger partial charge < -0.3 is 20.1 Å². The lowest BCUT2D eigenvalue weighted by Crippen LogP contribution is -2.24. The summed E-state index contributed by atoms with van der Waals surface area (Å²) in [5.41, 5.74) is 2.99. The number of hydrogen-bond acceptors (Lipinski definition) is 8. The molecule has 216 valence electrons. The summed E-state index contributed by atoms with van der Waals surface area (Å²) in [6, 6.07) is 6.50. The molecule has 0 aliphatic heterocycles. The monoisotopic (exact) mass is 571 g/mol. The van der Waals surface area contributed by atoms with Crippen molar-refractivity contribution < 1.29 is 18.5 Å². The zero-order valence-corrected chi connectivity index (χ0v) is 23.8. The van der Waals surface area contributed by atoms with Gasteiger partial charge in [0.2, 0.25) is 5.91 Å². The molecular weight excluding hydrogens is 541 g/mol. The minimum absolute atomic E-state index is 0.0374. The summed E-state index contributed by atoms with van der Waals surface area (Å²) in [4.78, 5) is 40.8. The van der Waals surface area contributed by atoms with Gasteiger partial charge in [-0.05, 0) is 37.6 Å². The van der Waals surface area contributed by atoms with Crippen molar-refractivity contribution in [3.63, 3.8) is 0 Å². The van der Waals surface area contributed by atoms with Crippen LogP contribution in [0.15, 0.2) is 53.8 Å². The number of carbonyl (C=O) groups excluding carboxylic acids is 2. The largest absolute Gasteiger partial charge is 0.344 e. The van der Waals surface area contributed by atoms with E-state index in [1.54, 1.807) is 35.3 Å². The van der Waals surface area contributed by atoms with Crippen LogP contribution in [-0.2, 0) is 16.8 Å². The number of pyridine rings is 1. The van der Waals surface area contributed by atoms with Crippen LogP contribution in [0.5, 0.6) is 0 Å². The van der Waals surface area contributed by atoms with Gasteiger partial charge in [-0.1, -0.05) is 44.6 Å². The summed E-state index contributed by atoms with van der Waals surface area (Å²) in [7, 11) is 0. The van der Waals surface area contributed by atoms with Crippen molar-refractivity contribution in [2.24, 2.45) is 0 Å². The zero-order valence-electron chi connectivity index (χ0n) is 23.8. The van der Waals surface area contributed by atoms with E-state index in [2.05, 4.69) is 47.4 Å². The molecule has 0 fully saturated rings. The lowest BCUT2D eigenvalue weighted by Gasteiger charge is -2.10. The number of benzene rings is 1. The second kappa shape index (κ2) is 11.0. The number of nitrogens with zero attached hydrogens (tertiary/aromatic N) is 6. The quantitative estimate of drug-likeness (QED) is 0.221. The first-order chi connectivity index (χ1) is 19.9. The van der Waals surface area contributed by atoms with Crippen molar-refractivity contribution in [1.82, 2.24) is 40.2 Å². The highest BCUT2D eigenvalue weighted by molar-refractivity contribution is 6.01. The maximum atomic E-state index is 15.2. The van der Waals surface area contributed by atoms with Crippen LogP contribution in [0.3, 0.4) is 0 Å². The summed E-state index contributed by atoms with van der Waals surface area (Å²) >= 11 is 0. The lowest BCUT2D eigenvalue weighted by atomic mass is 9.96. The Labute approximate surface area is 240 Å². The van der Waals surface area contributed by atoms with Crippen LogP contribution in [0.4, 0.5) is 10.1 Å². The maximum absolute atomic E-state index is 15.2. The van der Waals surface area contributed by atoms with Crippen molar-refractivity contribution in [3.8, 4) is 22.6 Å². The van der Waals surface area contributed by atoms with Crippen LogP contribution in [0.1, 0.15) is 62.7 Å². The van der Waals surface area contributed by atoms with Gasteiger partial charge >= 0.3 is 11.8 Å². The SMILES string of the molecule is C=CC(=O)Nc1cn(C(C)C)nc1-c1nc2nccc(-c3ccc(CNC(=O)c4nc(C(C)(C)C)no4)c(F)c3)c2[nH]1. The van der Waals surface area contributed by atoms with Crippen LogP contribution < -0.4 is 10.6 Å². The molecule has 0 radical (unpaired) electrons. The average molecular weight is 572 g/mol. The first-order valence-electron chi connectivity index (χ1n) is 13.2. The number of nitrogens with one attached hydrogen (secondary N) is 3. The number of amides is 2. The topological polar surface area (TPSA) is 157 Å².